The van der Waals surface area contributed by atoms with Gasteiger partial charge in [0.1, 0.15) is 18.4 Å². The van der Waals surface area contributed by atoms with Crippen LogP contribution < -0.4 is 15.4 Å². The summed E-state index contributed by atoms with van der Waals surface area (Å²) in [5, 5.41) is 9.51. The summed E-state index contributed by atoms with van der Waals surface area (Å²) in [5.41, 5.74) is 1.75. The van der Waals surface area contributed by atoms with Gasteiger partial charge in [-0.05, 0) is 30.3 Å². The minimum atomic E-state index is -4.79. The lowest BCUT2D eigenvalue weighted by Gasteiger charge is -2.14. The third kappa shape index (κ3) is 5.47. The zero-order chi connectivity index (χ0) is 20.0. The average molecular weight is 391 g/mol. The van der Waals surface area contributed by atoms with Crippen molar-refractivity contribution in [3.8, 4) is 11.4 Å². The van der Waals surface area contributed by atoms with Gasteiger partial charge < -0.3 is 15.4 Å². The summed E-state index contributed by atoms with van der Waals surface area (Å²) in [5.74, 6) is -0.714. The number of alkyl halides is 3. The van der Waals surface area contributed by atoms with Gasteiger partial charge in [-0.25, -0.2) is 9.67 Å². The number of ether oxygens (including phenoxy) is 1. The van der Waals surface area contributed by atoms with Gasteiger partial charge in [0.15, 0.2) is 0 Å². The Labute approximate surface area is 158 Å². The Bertz CT molecular complexity index is 912. The highest BCUT2D eigenvalue weighted by atomic mass is 19.4. The zero-order valence-corrected chi connectivity index (χ0v) is 14.5. The molecule has 0 atom stereocenters. The van der Waals surface area contributed by atoms with E-state index in [9.17, 15) is 18.0 Å². The topological polar surface area (TPSA) is 81.1 Å². The van der Waals surface area contributed by atoms with Crippen LogP contribution in [-0.2, 0) is 11.3 Å². The summed E-state index contributed by atoms with van der Waals surface area (Å²) >= 11 is 0. The maximum Gasteiger partial charge on any atom is 0.573 e. The predicted molar refractivity (Wildman–Crippen MR) is 94.8 cm³/mol. The maximum atomic E-state index is 12.4. The normalized spacial score (nSPS) is 11.1. The lowest BCUT2D eigenvalue weighted by atomic mass is 10.2. The van der Waals surface area contributed by atoms with E-state index in [1.54, 1.807) is 41.3 Å². The monoisotopic (exact) mass is 391 g/mol. The molecule has 3 rings (SSSR count). The number of anilines is 1. The molecule has 0 unspecified atom stereocenters. The number of para-hydroxylation sites is 1. The molecule has 3 aromatic rings. The first-order chi connectivity index (χ1) is 13.4. The minimum Gasteiger partial charge on any atom is -0.405 e. The summed E-state index contributed by atoms with van der Waals surface area (Å²) in [7, 11) is 0. The number of hydrogen-bond donors (Lipinski definition) is 2. The predicted octanol–water partition coefficient (Wildman–Crippen LogP) is 2.89. The molecule has 0 saturated carbocycles. The van der Waals surface area contributed by atoms with E-state index >= 15 is 0 Å². The van der Waals surface area contributed by atoms with Crippen LogP contribution >= 0.6 is 0 Å². The molecule has 0 fully saturated rings. The lowest BCUT2D eigenvalue weighted by Crippen LogP contribution is -2.29. The lowest BCUT2D eigenvalue weighted by molar-refractivity contribution is -0.274. The van der Waals surface area contributed by atoms with Gasteiger partial charge in [-0.2, -0.15) is 5.10 Å². The van der Waals surface area contributed by atoms with Gasteiger partial charge in [0.2, 0.25) is 5.91 Å². The molecule has 0 aliphatic carbocycles. The number of rotatable bonds is 7. The maximum absolute atomic E-state index is 12.4. The van der Waals surface area contributed by atoms with Crippen molar-refractivity contribution in [1.82, 2.24) is 20.1 Å². The van der Waals surface area contributed by atoms with Crippen molar-refractivity contribution in [2.75, 3.05) is 11.9 Å². The molecule has 0 spiro atoms. The summed E-state index contributed by atoms with van der Waals surface area (Å²) in [4.78, 5) is 15.8. The third-order valence-electron chi connectivity index (χ3n) is 3.68. The molecule has 7 nitrogen and oxygen atoms in total. The minimum absolute atomic E-state index is 0.0367. The van der Waals surface area contributed by atoms with E-state index in [0.29, 0.717) is 5.69 Å². The molecule has 146 valence electrons. The van der Waals surface area contributed by atoms with Crippen molar-refractivity contribution in [3.05, 3.63) is 66.7 Å². The van der Waals surface area contributed by atoms with Gasteiger partial charge in [-0.1, -0.05) is 18.2 Å². The van der Waals surface area contributed by atoms with Gasteiger partial charge in [0, 0.05) is 17.8 Å². The fourth-order valence-corrected chi connectivity index (χ4v) is 2.39. The molecule has 0 aliphatic rings. The zero-order valence-electron chi connectivity index (χ0n) is 14.5. The standard InChI is InChI=1S/C18H16F3N5O2/c19-18(20,21)28-16-4-2-1-3-13(16)9-24-17(27)10-23-14-5-7-15(8-6-14)26-12-22-11-25-26/h1-8,11-12,23H,9-10H2,(H,24,27). The second-order valence-corrected chi connectivity index (χ2v) is 5.67. The number of benzene rings is 2. The first-order valence-electron chi connectivity index (χ1n) is 8.20. The Kier molecular flexibility index (Phi) is 5.78. The highest BCUT2D eigenvalue weighted by Crippen LogP contribution is 2.26. The molecule has 2 N–H and O–H groups in total. The Hall–Kier alpha value is -3.56. The van der Waals surface area contributed by atoms with Crippen LogP contribution in [0.4, 0.5) is 18.9 Å². The average Bonchev–Trinajstić information content (AvgIpc) is 3.19. The van der Waals surface area contributed by atoms with Crippen LogP contribution in [-0.4, -0.2) is 33.6 Å². The largest absolute Gasteiger partial charge is 0.573 e. The van der Waals surface area contributed by atoms with Gasteiger partial charge in [-0.3, -0.25) is 4.79 Å². The number of amides is 1. The number of halogens is 3. The van der Waals surface area contributed by atoms with Crippen molar-refractivity contribution >= 4 is 11.6 Å². The molecule has 0 bridgehead atoms. The number of nitrogens with one attached hydrogen (secondary N) is 2. The molecule has 1 amide bonds. The van der Waals surface area contributed by atoms with Crippen LogP contribution in [0.3, 0.4) is 0 Å². The SMILES string of the molecule is O=C(CNc1ccc(-n2cncn2)cc1)NCc1ccccc1OC(F)(F)F. The van der Waals surface area contributed by atoms with E-state index in [1.165, 1.54) is 24.5 Å². The number of carbonyl (C=O) groups is 1. The van der Waals surface area contributed by atoms with Gasteiger partial charge in [0.25, 0.3) is 0 Å². The molecule has 0 aliphatic heterocycles. The van der Waals surface area contributed by atoms with Crippen LogP contribution in [0.5, 0.6) is 5.75 Å². The van der Waals surface area contributed by atoms with Crippen LogP contribution in [0.15, 0.2) is 61.2 Å². The molecule has 28 heavy (non-hydrogen) atoms. The first kappa shape index (κ1) is 19.2. The van der Waals surface area contributed by atoms with Crippen molar-refractivity contribution in [2.24, 2.45) is 0 Å². The Balaban J connectivity index is 1.50. The van der Waals surface area contributed by atoms with Crippen molar-refractivity contribution < 1.29 is 22.7 Å². The van der Waals surface area contributed by atoms with E-state index in [-0.39, 0.29) is 30.3 Å². The Morgan fingerprint density at radius 1 is 1.11 bits per heavy atom. The summed E-state index contributed by atoms with van der Waals surface area (Å²) in [6.45, 7) is -0.122. The fourth-order valence-electron chi connectivity index (χ4n) is 2.39. The first-order valence-corrected chi connectivity index (χ1v) is 8.20. The number of nitrogens with zero attached hydrogens (tertiary/aromatic N) is 3. The van der Waals surface area contributed by atoms with E-state index in [0.717, 1.165) is 5.69 Å². The van der Waals surface area contributed by atoms with Crippen molar-refractivity contribution in [2.45, 2.75) is 12.9 Å². The Morgan fingerprint density at radius 3 is 2.54 bits per heavy atom. The highest BCUT2D eigenvalue weighted by Gasteiger charge is 2.31. The smallest absolute Gasteiger partial charge is 0.405 e. The summed E-state index contributed by atoms with van der Waals surface area (Å²) in [6, 6.07) is 12.8. The summed E-state index contributed by atoms with van der Waals surface area (Å²) in [6.07, 6.45) is -1.80. The second kappa shape index (κ2) is 8.42. The van der Waals surface area contributed by atoms with Crippen LogP contribution in [0, 0.1) is 0 Å². The molecule has 10 heteroatoms. The van der Waals surface area contributed by atoms with Crippen molar-refractivity contribution in [3.63, 3.8) is 0 Å². The highest BCUT2D eigenvalue weighted by molar-refractivity contribution is 5.80. The summed E-state index contributed by atoms with van der Waals surface area (Å²) < 4.78 is 42.8. The van der Waals surface area contributed by atoms with Gasteiger partial charge in [-0.15, -0.1) is 13.2 Å². The number of aromatic nitrogens is 3. The molecular weight excluding hydrogens is 375 g/mol. The van der Waals surface area contributed by atoms with Crippen molar-refractivity contribution in [1.29, 1.82) is 0 Å². The Morgan fingerprint density at radius 2 is 1.86 bits per heavy atom. The fraction of sp³-hybridized carbons (Fsp3) is 0.167. The van der Waals surface area contributed by atoms with E-state index in [1.807, 2.05) is 0 Å². The molecule has 2 aromatic carbocycles. The van der Waals surface area contributed by atoms with Crippen LogP contribution in [0.1, 0.15) is 5.56 Å². The van der Waals surface area contributed by atoms with Crippen LogP contribution in [0.25, 0.3) is 5.69 Å². The van der Waals surface area contributed by atoms with E-state index in [4.69, 9.17) is 0 Å². The number of carbonyl (C=O) groups excluding carboxylic acids is 1. The quantitative estimate of drug-likeness (QED) is 0.647. The molecule has 0 saturated heterocycles. The van der Waals surface area contributed by atoms with E-state index < -0.39 is 6.36 Å². The molecular formula is C18H16F3N5O2. The third-order valence-corrected chi connectivity index (χ3v) is 3.68. The molecule has 1 heterocycles. The molecule has 1 aromatic heterocycles. The second-order valence-electron chi connectivity index (χ2n) is 5.67. The number of hydrogen-bond acceptors (Lipinski definition) is 5. The van der Waals surface area contributed by atoms with Gasteiger partial charge in [0.05, 0.1) is 12.2 Å². The molecule has 0 radical (unpaired) electrons. The van der Waals surface area contributed by atoms with Crippen LogP contribution in [0.2, 0.25) is 0 Å². The van der Waals surface area contributed by atoms with Gasteiger partial charge >= 0.3 is 6.36 Å². The van der Waals surface area contributed by atoms with E-state index in [2.05, 4.69) is 25.5 Å².